The van der Waals surface area contributed by atoms with Crippen LogP contribution in [-0.4, -0.2) is 44.6 Å². The first kappa shape index (κ1) is 15.4. The molecule has 1 aromatic rings. The predicted octanol–water partition coefficient (Wildman–Crippen LogP) is 2.04. The van der Waals surface area contributed by atoms with Gasteiger partial charge >= 0.3 is 0 Å². The van der Waals surface area contributed by atoms with Gasteiger partial charge in [-0.05, 0) is 46.6 Å². The topological polar surface area (TPSA) is 46.0 Å². The zero-order chi connectivity index (χ0) is 14.6. The van der Waals surface area contributed by atoms with E-state index in [4.69, 9.17) is 0 Å². The SMILES string of the molecule is CCCN(CCn1cc(CNC(C)(C)C)nn1)C1CC1. The zero-order valence-corrected chi connectivity index (χ0v) is 13.4. The van der Waals surface area contributed by atoms with Crippen molar-refractivity contribution in [3.8, 4) is 0 Å². The Hall–Kier alpha value is -0.940. The van der Waals surface area contributed by atoms with Crippen LogP contribution in [0.15, 0.2) is 6.20 Å². The molecule has 0 radical (unpaired) electrons. The van der Waals surface area contributed by atoms with Gasteiger partial charge in [-0.15, -0.1) is 5.10 Å². The first-order valence-electron chi connectivity index (χ1n) is 7.86. The van der Waals surface area contributed by atoms with Crippen LogP contribution in [0.3, 0.4) is 0 Å². The average molecular weight is 279 g/mol. The van der Waals surface area contributed by atoms with E-state index in [0.29, 0.717) is 0 Å². The van der Waals surface area contributed by atoms with E-state index in [1.165, 1.54) is 25.8 Å². The molecule has 1 heterocycles. The van der Waals surface area contributed by atoms with E-state index in [9.17, 15) is 0 Å². The largest absolute Gasteiger partial charge is 0.306 e. The lowest BCUT2D eigenvalue weighted by atomic mass is 10.1. The van der Waals surface area contributed by atoms with Crippen LogP contribution in [0.2, 0.25) is 0 Å². The molecule has 1 N–H and O–H groups in total. The van der Waals surface area contributed by atoms with Gasteiger partial charge in [-0.2, -0.15) is 0 Å². The average Bonchev–Trinajstić information content (AvgIpc) is 3.11. The van der Waals surface area contributed by atoms with Gasteiger partial charge in [0.15, 0.2) is 0 Å². The molecule has 2 rings (SSSR count). The van der Waals surface area contributed by atoms with Crippen molar-refractivity contribution in [3.63, 3.8) is 0 Å². The molecule has 0 amide bonds. The smallest absolute Gasteiger partial charge is 0.0965 e. The quantitative estimate of drug-likeness (QED) is 0.791. The molecule has 20 heavy (non-hydrogen) atoms. The summed E-state index contributed by atoms with van der Waals surface area (Å²) < 4.78 is 1.98. The van der Waals surface area contributed by atoms with Crippen LogP contribution in [-0.2, 0) is 13.1 Å². The summed E-state index contributed by atoms with van der Waals surface area (Å²) in [4.78, 5) is 2.59. The molecule has 0 aromatic carbocycles. The minimum atomic E-state index is 0.119. The minimum Gasteiger partial charge on any atom is -0.306 e. The Morgan fingerprint density at radius 2 is 2.10 bits per heavy atom. The van der Waals surface area contributed by atoms with Gasteiger partial charge in [-0.1, -0.05) is 12.1 Å². The maximum Gasteiger partial charge on any atom is 0.0965 e. The molecule has 0 atom stereocenters. The Morgan fingerprint density at radius 1 is 1.35 bits per heavy atom. The fourth-order valence-electron chi connectivity index (χ4n) is 2.32. The lowest BCUT2D eigenvalue weighted by molar-refractivity contribution is 0.248. The second kappa shape index (κ2) is 6.68. The Balaban J connectivity index is 1.77. The summed E-state index contributed by atoms with van der Waals surface area (Å²) >= 11 is 0. The van der Waals surface area contributed by atoms with E-state index in [0.717, 1.165) is 31.4 Å². The van der Waals surface area contributed by atoms with Gasteiger partial charge in [0, 0.05) is 30.9 Å². The van der Waals surface area contributed by atoms with Crippen molar-refractivity contribution in [2.75, 3.05) is 13.1 Å². The van der Waals surface area contributed by atoms with Crippen molar-refractivity contribution in [2.24, 2.45) is 0 Å². The highest BCUT2D eigenvalue weighted by molar-refractivity contribution is 4.93. The summed E-state index contributed by atoms with van der Waals surface area (Å²) in [5.74, 6) is 0. The minimum absolute atomic E-state index is 0.119. The maximum atomic E-state index is 4.24. The second-order valence-electron chi connectivity index (χ2n) is 6.84. The summed E-state index contributed by atoms with van der Waals surface area (Å²) in [6, 6.07) is 0.834. The highest BCUT2D eigenvalue weighted by atomic mass is 15.4. The van der Waals surface area contributed by atoms with Crippen LogP contribution in [0.4, 0.5) is 0 Å². The molecule has 1 fully saturated rings. The number of rotatable bonds is 8. The van der Waals surface area contributed by atoms with Gasteiger partial charge < -0.3 is 5.32 Å². The van der Waals surface area contributed by atoms with E-state index in [-0.39, 0.29) is 5.54 Å². The van der Waals surface area contributed by atoms with Gasteiger partial charge in [0.1, 0.15) is 0 Å². The van der Waals surface area contributed by atoms with E-state index < -0.39 is 0 Å². The lowest BCUT2D eigenvalue weighted by Crippen LogP contribution is -2.35. The second-order valence-corrected chi connectivity index (χ2v) is 6.84. The van der Waals surface area contributed by atoms with E-state index in [1.54, 1.807) is 0 Å². The first-order chi connectivity index (χ1) is 9.48. The Labute approximate surface area is 122 Å². The molecule has 1 saturated carbocycles. The molecule has 1 aliphatic carbocycles. The molecule has 114 valence electrons. The zero-order valence-electron chi connectivity index (χ0n) is 13.4. The third-order valence-electron chi connectivity index (χ3n) is 3.58. The van der Waals surface area contributed by atoms with Crippen LogP contribution >= 0.6 is 0 Å². The van der Waals surface area contributed by atoms with Gasteiger partial charge in [-0.3, -0.25) is 9.58 Å². The molecular formula is C15H29N5. The van der Waals surface area contributed by atoms with Crippen molar-refractivity contribution in [1.82, 2.24) is 25.2 Å². The van der Waals surface area contributed by atoms with E-state index >= 15 is 0 Å². The van der Waals surface area contributed by atoms with Crippen LogP contribution in [0.25, 0.3) is 0 Å². The third kappa shape index (κ3) is 5.21. The highest BCUT2D eigenvalue weighted by Crippen LogP contribution is 2.26. The molecule has 0 saturated heterocycles. The molecule has 1 aromatic heterocycles. The Kier molecular flexibility index (Phi) is 5.16. The van der Waals surface area contributed by atoms with Crippen LogP contribution < -0.4 is 5.32 Å². The maximum absolute atomic E-state index is 4.24. The molecule has 0 unspecified atom stereocenters. The van der Waals surface area contributed by atoms with Gasteiger partial charge in [0.2, 0.25) is 0 Å². The number of aromatic nitrogens is 3. The van der Waals surface area contributed by atoms with Gasteiger partial charge in [0.05, 0.1) is 12.2 Å². The van der Waals surface area contributed by atoms with Crippen molar-refractivity contribution in [1.29, 1.82) is 0 Å². The fourth-order valence-corrected chi connectivity index (χ4v) is 2.32. The first-order valence-corrected chi connectivity index (χ1v) is 7.86. The number of nitrogens with zero attached hydrogens (tertiary/aromatic N) is 4. The lowest BCUT2D eigenvalue weighted by Gasteiger charge is -2.20. The Morgan fingerprint density at radius 3 is 2.70 bits per heavy atom. The van der Waals surface area contributed by atoms with Crippen molar-refractivity contribution in [3.05, 3.63) is 11.9 Å². The summed E-state index contributed by atoms with van der Waals surface area (Å²) in [6.07, 6.45) is 6.04. The van der Waals surface area contributed by atoms with Crippen molar-refractivity contribution < 1.29 is 0 Å². The number of hydrogen-bond acceptors (Lipinski definition) is 4. The van der Waals surface area contributed by atoms with Crippen molar-refractivity contribution >= 4 is 0 Å². The van der Waals surface area contributed by atoms with Crippen LogP contribution in [0, 0.1) is 0 Å². The van der Waals surface area contributed by atoms with Gasteiger partial charge in [0.25, 0.3) is 0 Å². The normalized spacial score (nSPS) is 16.1. The van der Waals surface area contributed by atoms with Crippen LogP contribution in [0.1, 0.15) is 52.7 Å². The standard InChI is InChI=1S/C15H29N5/c1-5-8-19(14-6-7-14)9-10-20-12-13(17-18-20)11-16-15(2,3)4/h12,14,16H,5-11H2,1-4H3. The molecule has 0 aliphatic heterocycles. The van der Waals surface area contributed by atoms with Gasteiger partial charge in [-0.25, -0.2) is 0 Å². The summed E-state index contributed by atoms with van der Waals surface area (Å²) in [7, 11) is 0. The highest BCUT2D eigenvalue weighted by Gasteiger charge is 2.27. The molecular weight excluding hydrogens is 250 g/mol. The van der Waals surface area contributed by atoms with Crippen LogP contribution in [0.5, 0.6) is 0 Å². The number of hydrogen-bond donors (Lipinski definition) is 1. The fraction of sp³-hybridized carbons (Fsp3) is 0.867. The third-order valence-corrected chi connectivity index (χ3v) is 3.58. The Bertz CT molecular complexity index is 403. The van der Waals surface area contributed by atoms with E-state index in [2.05, 4.69) is 54.4 Å². The van der Waals surface area contributed by atoms with E-state index in [1.807, 2.05) is 4.68 Å². The summed E-state index contributed by atoms with van der Waals surface area (Å²) in [6.45, 7) is 12.8. The summed E-state index contributed by atoms with van der Waals surface area (Å²) in [5.41, 5.74) is 1.14. The molecule has 5 nitrogen and oxygen atoms in total. The molecule has 0 spiro atoms. The van der Waals surface area contributed by atoms with Crippen molar-refractivity contribution in [2.45, 2.75) is 71.6 Å². The number of nitrogens with one attached hydrogen (secondary N) is 1. The molecule has 5 heteroatoms. The summed E-state index contributed by atoms with van der Waals surface area (Å²) in [5, 5.41) is 11.9. The molecule has 1 aliphatic rings. The molecule has 0 bridgehead atoms. The predicted molar refractivity (Wildman–Crippen MR) is 81.5 cm³/mol. The monoisotopic (exact) mass is 279 g/mol.